The molecule has 1 aromatic heterocycles. The summed E-state index contributed by atoms with van der Waals surface area (Å²) in [6.45, 7) is 6.28. The molecule has 2 rings (SSSR count). The van der Waals surface area contributed by atoms with Gasteiger partial charge in [0.1, 0.15) is 11.4 Å². The first-order valence-electron chi connectivity index (χ1n) is 6.82. The number of urea groups is 1. The molecule has 0 fully saturated rings. The van der Waals surface area contributed by atoms with E-state index >= 15 is 0 Å². The van der Waals surface area contributed by atoms with E-state index in [1.54, 1.807) is 7.05 Å². The van der Waals surface area contributed by atoms with Crippen LogP contribution < -0.4 is 15.5 Å². The normalized spacial score (nSPS) is 14.5. The first-order valence-corrected chi connectivity index (χ1v) is 6.82. The lowest BCUT2D eigenvalue weighted by atomic mass is 10.2. The minimum absolute atomic E-state index is 0.174. The van der Waals surface area contributed by atoms with Crippen molar-refractivity contribution in [3.8, 4) is 0 Å². The molecular weight excluding hydrogens is 274 g/mol. The Morgan fingerprint density at radius 1 is 1.48 bits per heavy atom. The van der Waals surface area contributed by atoms with Gasteiger partial charge in [-0.3, -0.25) is 4.90 Å². The Bertz CT molecular complexity index is 546. The fourth-order valence-corrected chi connectivity index (χ4v) is 1.95. The van der Waals surface area contributed by atoms with E-state index in [0.29, 0.717) is 25.3 Å². The van der Waals surface area contributed by atoms with E-state index in [0.717, 1.165) is 11.5 Å². The van der Waals surface area contributed by atoms with Crippen LogP contribution in [0.25, 0.3) is 0 Å². The lowest BCUT2D eigenvalue weighted by Gasteiger charge is -2.21. The molecule has 1 aromatic rings. The molecule has 8 heteroatoms. The average Bonchev–Trinajstić information content (AvgIpc) is 2.75. The van der Waals surface area contributed by atoms with E-state index in [1.165, 1.54) is 4.90 Å². The third kappa shape index (κ3) is 3.87. The van der Waals surface area contributed by atoms with Gasteiger partial charge in [0.25, 0.3) is 0 Å². The van der Waals surface area contributed by atoms with Gasteiger partial charge in [0.05, 0.1) is 12.2 Å². The molecule has 0 spiro atoms. The van der Waals surface area contributed by atoms with E-state index in [4.69, 9.17) is 4.74 Å². The summed E-state index contributed by atoms with van der Waals surface area (Å²) < 4.78 is 5.14. The highest BCUT2D eigenvalue weighted by atomic mass is 16.6. The Kier molecular flexibility index (Phi) is 4.06. The van der Waals surface area contributed by atoms with Crippen LogP contribution in [0.4, 0.5) is 15.4 Å². The highest BCUT2D eigenvalue weighted by molar-refractivity contribution is 5.92. The summed E-state index contributed by atoms with van der Waals surface area (Å²) in [6, 6.07) is -0.174. The lowest BCUT2D eigenvalue weighted by Crippen LogP contribution is -2.41. The number of fused-ring (bicyclic) bond motifs is 1. The first-order chi connectivity index (χ1) is 9.76. The van der Waals surface area contributed by atoms with Crippen molar-refractivity contribution in [1.29, 1.82) is 0 Å². The number of imidazole rings is 1. The minimum Gasteiger partial charge on any atom is -0.444 e. The van der Waals surface area contributed by atoms with Crippen molar-refractivity contribution in [2.24, 2.45) is 0 Å². The molecule has 0 atom stereocenters. The number of nitrogens with one attached hydrogen (secondary N) is 3. The number of rotatable bonds is 3. The molecule has 1 aliphatic rings. The van der Waals surface area contributed by atoms with Crippen molar-refractivity contribution in [3.63, 3.8) is 0 Å². The Balaban J connectivity index is 1.87. The van der Waals surface area contributed by atoms with Gasteiger partial charge < -0.3 is 20.4 Å². The number of aromatic amines is 1. The first kappa shape index (κ1) is 15.1. The fourth-order valence-electron chi connectivity index (χ4n) is 1.95. The van der Waals surface area contributed by atoms with Crippen LogP contribution in [0.5, 0.6) is 0 Å². The lowest BCUT2D eigenvalue weighted by molar-refractivity contribution is 0.0528. The molecule has 0 aliphatic carbocycles. The van der Waals surface area contributed by atoms with Crippen molar-refractivity contribution < 1.29 is 14.3 Å². The molecule has 0 unspecified atom stereocenters. The number of hydrogen-bond donors (Lipinski definition) is 3. The van der Waals surface area contributed by atoms with Crippen LogP contribution in [0.2, 0.25) is 0 Å². The largest absolute Gasteiger partial charge is 0.444 e. The van der Waals surface area contributed by atoms with Crippen LogP contribution >= 0.6 is 0 Å². The molecule has 2 heterocycles. The molecule has 0 saturated heterocycles. The molecule has 21 heavy (non-hydrogen) atoms. The monoisotopic (exact) mass is 295 g/mol. The second kappa shape index (κ2) is 5.63. The second-order valence-electron chi connectivity index (χ2n) is 5.88. The molecule has 0 bridgehead atoms. The van der Waals surface area contributed by atoms with Gasteiger partial charge >= 0.3 is 12.1 Å². The number of H-pyrrole nitrogens is 1. The summed E-state index contributed by atoms with van der Waals surface area (Å²) in [7, 11) is 1.66. The van der Waals surface area contributed by atoms with Crippen LogP contribution in [0.3, 0.4) is 0 Å². The third-order valence-electron chi connectivity index (χ3n) is 2.87. The Morgan fingerprint density at radius 3 is 2.86 bits per heavy atom. The van der Waals surface area contributed by atoms with Gasteiger partial charge in [0.15, 0.2) is 5.82 Å². The van der Waals surface area contributed by atoms with Crippen LogP contribution in [-0.4, -0.2) is 41.3 Å². The molecule has 1 aliphatic heterocycles. The standard InChI is InChI=1S/C13H21N5O3/c1-13(2,3)21-12(20)14-6-5-9-16-8-7-15-11(19)18(4)10(8)17-9/h5-7H2,1-4H3,(H,14,20)(H,15,19)(H,16,17). The Labute approximate surface area is 123 Å². The smallest absolute Gasteiger partial charge is 0.407 e. The predicted octanol–water partition coefficient (Wildman–Crippen LogP) is 1.14. The zero-order valence-electron chi connectivity index (χ0n) is 12.7. The molecule has 0 saturated carbocycles. The fraction of sp³-hybridized carbons (Fsp3) is 0.615. The van der Waals surface area contributed by atoms with Gasteiger partial charge in [0.2, 0.25) is 0 Å². The van der Waals surface area contributed by atoms with Crippen molar-refractivity contribution in [2.45, 2.75) is 39.3 Å². The van der Waals surface area contributed by atoms with Gasteiger partial charge in [-0.1, -0.05) is 0 Å². The number of nitrogens with zero attached hydrogens (tertiary/aromatic N) is 2. The summed E-state index contributed by atoms with van der Waals surface area (Å²) in [5.74, 6) is 1.35. The highest BCUT2D eigenvalue weighted by Crippen LogP contribution is 2.20. The topological polar surface area (TPSA) is 99.4 Å². The van der Waals surface area contributed by atoms with Crippen LogP contribution in [-0.2, 0) is 17.7 Å². The molecule has 8 nitrogen and oxygen atoms in total. The zero-order chi connectivity index (χ0) is 15.6. The van der Waals surface area contributed by atoms with Gasteiger partial charge in [-0.15, -0.1) is 0 Å². The molecule has 3 amide bonds. The maximum atomic E-state index is 11.5. The summed E-state index contributed by atoms with van der Waals surface area (Å²) in [5, 5.41) is 5.40. The van der Waals surface area contributed by atoms with Gasteiger partial charge in [-0.2, -0.15) is 0 Å². The SMILES string of the molecule is CN1C(=O)NCc2[nH]c(CCNC(=O)OC(C)(C)C)nc21. The number of anilines is 1. The summed E-state index contributed by atoms with van der Waals surface area (Å²) in [5.41, 5.74) is 0.354. The molecular formula is C13H21N5O3. The van der Waals surface area contributed by atoms with E-state index < -0.39 is 11.7 Å². The summed E-state index contributed by atoms with van der Waals surface area (Å²) in [4.78, 5) is 32.0. The number of hydrogen-bond acceptors (Lipinski definition) is 4. The van der Waals surface area contributed by atoms with Crippen LogP contribution in [0, 0.1) is 0 Å². The van der Waals surface area contributed by atoms with Crippen LogP contribution in [0.15, 0.2) is 0 Å². The number of carbonyl (C=O) groups excluding carboxylic acids is 2. The van der Waals surface area contributed by atoms with Crippen molar-refractivity contribution in [2.75, 3.05) is 18.5 Å². The summed E-state index contributed by atoms with van der Waals surface area (Å²) in [6.07, 6.45) is 0.0849. The van der Waals surface area contributed by atoms with E-state index in [2.05, 4.69) is 20.6 Å². The molecule has 116 valence electrons. The molecule has 0 aromatic carbocycles. The summed E-state index contributed by atoms with van der Waals surface area (Å²) >= 11 is 0. The van der Waals surface area contributed by atoms with Gasteiger partial charge in [-0.05, 0) is 20.8 Å². The minimum atomic E-state index is -0.511. The number of ether oxygens (including phenoxy) is 1. The quantitative estimate of drug-likeness (QED) is 0.778. The predicted molar refractivity (Wildman–Crippen MR) is 77.2 cm³/mol. The Morgan fingerprint density at radius 2 is 2.19 bits per heavy atom. The van der Waals surface area contributed by atoms with Crippen LogP contribution in [0.1, 0.15) is 32.3 Å². The van der Waals surface area contributed by atoms with Crippen molar-refractivity contribution in [3.05, 3.63) is 11.5 Å². The average molecular weight is 295 g/mol. The third-order valence-corrected chi connectivity index (χ3v) is 2.87. The number of aromatic nitrogens is 2. The van der Waals surface area contributed by atoms with Gasteiger partial charge in [-0.25, -0.2) is 14.6 Å². The second-order valence-corrected chi connectivity index (χ2v) is 5.88. The maximum absolute atomic E-state index is 11.5. The highest BCUT2D eigenvalue weighted by Gasteiger charge is 2.24. The maximum Gasteiger partial charge on any atom is 0.407 e. The molecule has 3 N–H and O–H groups in total. The van der Waals surface area contributed by atoms with Gasteiger partial charge in [0, 0.05) is 20.0 Å². The molecule has 0 radical (unpaired) electrons. The Hall–Kier alpha value is -2.25. The number of alkyl carbamates (subject to hydrolysis) is 1. The van der Waals surface area contributed by atoms with Crippen molar-refractivity contribution >= 4 is 17.9 Å². The zero-order valence-corrected chi connectivity index (χ0v) is 12.7. The number of carbonyl (C=O) groups is 2. The van der Waals surface area contributed by atoms with E-state index in [1.807, 2.05) is 20.8 Å². The number of amides is 3. The van der Waals surface area contributed by atoms with E-state index in [-0.39, 0.29) is 6.03 Å². The van der Waals surface area contributed by atoms with E-state index in [9.17, 15) is 9.59 Å². The van der Waals surface area contributed by atoms with Crippen molar-refractivity contribution in [1.82, 2.24) is 20.6 Å².